The second-order valence-electron chi connectivity index (χ2n) is 3.42. The molecule has 1 atom stereocenters. The summed E-state index contributed by atoms with van der Waals surface area (Å²) in [5, 5.41) is 17.4. The van der Waals surface area contributed by atoms with Gasteiger partial charge in [-0.15, -0.1) is 0 Å². The Hall–Kier alpha value is -0.610. The van der Waals surface area contributed by atoms with Crippen molar-refractivity contribution in [1.82, 2.24) is 4.90 Å². The number of aliphatic carboxylic acids is 1. The number of carboxylic acids is 1. The number of hydrogen-bond donors (Lipinski definition) is 2. The van der Waals surface area contributed by atoms with E-state index in [1.807, 2.05) is 18.7 Å². The first-order valence-corrected chi connectivity index (χ1v) is 4.60. The Morgan fingerprint density at radius 2 is 1.92 bits per heavy atom. The first-order valence-electron chi connectivity index (χ1n) is 4.60. The van der Waals surface area contributed by atoms with Crippen LogP contribution in [0.25, 0.3) is 0 Å². The lowest BCUT2D eigenvalue weighted by Crippen LogP contribution is -2.44. The van der Waals surface area contributed by atoms with Crippen LogP contribution in [0.5, 0.6) is 0 Å². The summed E-state index contributed by atoms with van der Waals surface area (Å²) in [7, 11) is 0. The van der Waals surface area contributed by atoms with Crippen molar-refractivity contribution in [3.05, 3.63) is 0 Å². The molecule has 0 aromatic rings. The highest BCUT2D eigenvalue weighted by Gasteiger charge is 2.21. The summed E-state index contributed by atoms with van der Waals surface area (Å²) in [6.45, 7) is 6.31. The molecule has 4 heteroatoms. The van der Waals surface area contributed by atoms with Gasteiger partial charge in [-0.25, -0.2) is 0 Å². The molecule has 0 aliphatic rings. The highest BCUT2D eigenvalue weighted by Crippen LogP contribution is 2.06. The van der Waals surface area contributed by atoms with E-state index in [0.29, 0.717) is 13.0 Å². The van der Waals surface area contributed by atoms with E-state index >= 15 is 0 Å². The third kappa shape index (κ3) is 4.24. The Labute approximate surface area is 79.2 Å². The average Bonchev–Trinajstić information content (AvgIpc) is 2.04. The normalized spacial score (nSPS) is 13.7. The van der Waals surface area contributed by atoms with E-state index in [-0.39, 0.29) is 12.6 Å². The second kappa shape index (κ2) is 5.94. The molecule has 0 aromatic heterocycles. The maximum atomic E-state index is 10.7. The molecule has 0 aliphatic carbocycles. The van der Waals surface area contributed by atoms with Gasteiger partial charge >= 0.3 is 5.97 Å². The number of nitrogens with zero attached hydrogens (tertiary/aromatic N) is 1. The molecule has 0 aliphatic heterocycles. The largest absolute Gasteiger partial charge is 0.480 e. The van der Waals surface area contributed by atoms with Gasteiger partial charge in [0.2, 0.25) is 0 Å². The number of carboxylic acid groups (broad SMARTS) is 1. The number of carbonyl (C=O) groups is 1. The van der Waals surface area contributed by atoms with Crippen LogP contribution in [0.4, 0.5) is 0 Å². The van der Waals surface area contributed by atoms with Gasteiger partial charge in [-0.1, -0.05) is 0 Å². The van der Waals surface area contributed by atoms with Crippen LogP contribution in [-0.4, -0.2) is 46.3 Å². The Balaban J connectivity index is 4.15. The maximum Gasteiger partial charge on any atom is 0.320 e. The topological polar surface area (TPSA) is 60.8 Å². The summed E-state index contributed by atoms with van der Waals surface area (Å²) in [5.74, 6) is -0.813. The number of aliphatic hydroxyl groups excluding tert-OH is 1. The Morgan fingerprint density at radius 3 is 2.23 bits per heavy atom. The molecule has 0 heterocycles. The molecule has 2 N–H and O–H groups in total. The van der Waals surface area contributed by atoms with Crippen molar-refractivity contribution in [2.24, 2.45) is 0 Å². The molecule has 0 spiro atoms. The van der Waals surface area contributed by atoms with Gasteiger partial charge < -0.3 is 10.2 Å². The lowest BCUT2D eigenvalue weighted by molar-refractivity contribution is -0.143. The molecule has 0 bridgehead atoms. The molecular weight excluding hydrogens is 170 g/mol. The fourth-order valence-corrected chi connectivity index (χ4v) is 1.29. The lowest BCUT2D eigenvalue weighted by Gasteiger charge is -2.29. The quantitative estimate of drug-likeness (QED) is 0.640. The average molecular weight is 189 g/mol. The standard InChI is InChI=1S/C9H19NO3/c1-7(2)10(5-4-6-11)8(3)9(12)13/h7-8,11H,4-6H2,1-3H3,(H,12,13). The van der Waals surface area contributed by atoms with E-state index in [1.165, 1.54) is 0 Å². The Kier molecular flexibility index (Phi) is 5.66. The molecule has 1 unspecified atom stereocenters. The maximum absolute atomic E-state index is 10.7. The third-order valence-corrected chi connectivity index (χ3v) is 2.09. The predicted octanol–water partition coefficient (Wildman–Crippen LogP) is 0.552. The van der Waals surface area contributed by atoms with Gasteiger partial charge in [-0.2, -0.15) is 0 Å². The van der Waals surface area contributed by atoms with Gasteiger partial charge in [0.15, 0.2) is 0 Å². The summed E-state index contributed by atoms with van der Waals surface area (Å²) in [4.78, 5) is 12.6. The lowest BCUT2D eigenvalue weighted by atomic mass is 10.2. The van der Waals surface area contributed by atoms with Crippen LogP contribution in [0.15, 0.2) is 0 Å². The van der Waals surface area contributed by atoms with Crippen LogP contribution < -0.4 is 0 Å². The van der Waals surface area contributed by atoms with E-state index in [2.05, 4.69) is 0 Å². The van der Waals surface area contributed by atoms with Crippen molar-refractivity contribution in [1.29, 1.82) is 0 Å². The molecule has 0 saturated heterocycles. The third-order valence-electron chi connectivity index (χ3n) is 2.09. The molecule has 0 amide bonds. The highest BCUT2D eigenvalue weighted by molar-refractivity contribution is 5.72. The zero-order valence-corrected chi connectivity index (χ0v) is 8.53. The van der Waals surface area contributed by atoms with Crippen LogP contribution in [0.2, 0.25) is 0 Å². The van der Waals surface area contributed by atoms with E-state index in [0.717, 1.165) is 0 Å². The summed E-state index contributed by atoms with van der Waals surface area (Å²) in [6, 6.07) is -0.288. The summed E-state index contributed by atoms with van der Waals surface area (Å²) in [5.41, 5.74) is 0. The van der Waals surface area contributed by atoms with Gasteiger partial charge in [0, 0.05) is 19.2 Å². The summed E-state index contributed by atoms with van der Waals surface area (Å²) >= 11 is 0. The van der Waals surface area contributed by atoms with Gasteiger partial charge in [-0.05, 0) is 27.2 Å². The van der Waals surface area contributed by atoms with Crippen LogP contribution in [-0.2, 0) is 4.79 Å². The number of rotatable bonds is 6. The summed E-state index contributed by atoms with van der Waals surface area (Å²) in [6.07, 6.45) is 0.621. The van der Waals surface area contributed by atoms with Crippen molar-refractivity contribution >= 4 is 5.97 Å². The molecule has 78 valence electrons. The fourth-order valence-electron chi connectivity index (χ4n) is 1.29. The molecule has 0 saturated carbocycles. The summed E-state index contributed by atoms with van der Waals surface area (Å²) < 4.78 is 0. The molecule has 0 aromatic carbocycles. The van der Waals surface area contributed by atoms with Crippen LogP contribution in [0, 0.1) is 0 Å². The van der Waals surface area contributed by atoms with Crippen molar-refractivity contribution in [3.63, 3.8) is 0 Å². The van der Waals surface area contributed by atoms with Crippen molar-refractivity contribution in [2.75, 3.05) is 13.2 Å². The minimum atomic E-state index is -0.813. The molecule has 0 radical (unpaired) electrons. The Morgan fingerprint density at radius 1 is 1.38 bits per heavy atom. The SMILES string of the molecule is CC(C)N(CCCO)C(C)C(=O)O. The van der Waals surface area contributed by atoms with Crippen LogP contribution in [0.1, 0.15) is 27.2 Å². The van der Waals surface area contributed by atoms with E-state index < -0.39 is 12.0 Å². The number of aliphatic hydroxyl groups is 1. The van der Waals surface area contributed by atoms with Crippen molar-refractivity contribution in [3.8, 4) is 0 Å². The molecule has 13 heavy (non-hydrogen) atoms. The van der Waals surface area contributed by atoms with Gasteiger partial charge in [-0.3, -0.25) is 9.69 Å². The zero-order chi connectivity index (χ0) is 10.4. The zero-order valence-electron chi connectivity index (χ0n) is 8.53. The van der Waals surface area contributed by atoms with Crippen molar-refractivity contribution in [2.45, 2.75) is 39.3 Å². The van der Waals surface area contributed by atoms with Gasteiger partial charge in [0.05, 0.1) is 0 Å². The van der Waals surface area contributed by atoms with Crippen LogP contribution >= 0.6 is 0 Å². The van der Waals surface area contributed by atoms with Crippen LogP contribution in [0.3, 0.4) is 0 Å². The number of hydrogen-bond acceptors (Lipinski definition) is 3. The first-order chi connectivity index (χ1) is 6.00. The van der Waals surface area contributed by atoms with Gasteiger partial charge in [0.1, 0.15) is 6.04 Å². The van der Waals surface area contributed by atoms with E-state index in [4.69, 9.17) is 10.2 Å². The minimum absolute atomic E-state index is 0.107. The second-order valence-corrected chi connectivity index (χ2v) is 3.42. The Bertz CT molecular complexity index is 159. The monoisotopic (exact) mass is 189 g/mol. The predicted molar refractivity (Wildman–Crippen MR) is 50.6 cm³/mol. The first kappa shape index (κ1) is 12.4. The molecule has 4 nitrogen and oxygen atoms in total. The molecular formula is C9H19NO3. The highest BCUT2D eigenvalue weighted by atomic mass is 16.4. The van der Waals surface area contributed by atoms with E-state index in [9.17, 15) is 4.79 Å². The van der Waals surface area contributed by atoms with E-state index in [1.54, 1.807) is 6.92 Å². The van der Waals surface area contributed by atoms with Gasteiger partial charge in [0.25, 0.3) is 0 Å². The molecule has 0 rings (SSSR count). The smallest absolute Gasteiger partial charge is 0.320 e. The molecule has 0 fully saturated rings. The minimum Gasteiger partial charge on any atom is -0.480 e. The fraction of sp³-hybridized carbons (Fsp3) is 0.889. The van der Waals surface area contributed by atoms with Crippen molar-refractivity contribution < 1.29 is 15.0 Å².